The van der Waals surface area contributed by atoms with Crippen LogP contribution in [0.1, 0.15) is 41.8 Å². The molecule has 4 aromatic rings. The van der Waals surface area contributed by atoms with Crippen LogP contribution in [-0.2, 0) is 6.42 Å². The number of aryl methyl sites for hydroxylation is 1. The second-order valence-corrected chi connectivity index (χ2v) is 7.76. The topological polar surface area (TPSA) is 66.0 Å². The zero-order chi connectivity index (χ0) is 17.5. The van der Waals surface area contributed by atoms with E-state index in [0.29, 0.717) is 5.92 Å². The Morgan fingerprint density at radius 1 is 1.27 bits per heavy atom. The minimum atomic E-state index is 0.638. The van der Waals surface area contributed by atoms with Crippen molar-refractivity contribution in [1.82, 2.24) is 15.0 Å². The number of H-pyrrole nitrogens is 1. The fraction of sp³-hybridized carbons (Fsp3) is 0.250. The van der Waals surface area contributed by atoms with Crippen LogP contribution in [0.15, 0.2) is 41.8 Å². The van der Waals surface area contributed by atoms with E-state index >= 15 is 0 Å². The van der Waals surface area contributed by atoms with Gasteiger partial charge < -0.3 is 4.98 Å². The summed E-state index contributed by atoms with van der Waals surface area (Å²) in [5.74, 6) is 1.40. The zero-order valence-corrected chi connectivity index (χ0v) is 15.3. The molecule has 0 amide bonds. The predicted octanol–water partition coefficient (Wildman–Crippen LogP) is 5.06. The minimum absolute atomic E-state index is 0.638. The number of rotatable bonds is 5. The molecule has 1 fully saturated rings. The van der Waals surface area contributed by atoms with Gasteiger partial charge >= 0.3 is 0 Å². The van der Waals surface area contributed by atoms with E-state index in [4.69, 9.17) is 0 Å². The van der Waals surface area contributed by atoms with E-state index in [1.54, 1.807) is 17.7 Å². The third-order valence-electron chi connectivity index (χ3n) is 4.86. The van der Waals surface area contributed by atoms with E-state index in [9.17, 15) is 0 Å². The molecule has 1 aliphatic rings. The van der Waals surface area contributed by atoms with Crippen molar-refractivity contribution in [2.75, 3.05) is 5.43 Å². The van der Waals surface area contributed by atoms with Gasteiger partial charge in [-0.25, -0.2) is 9.97 Å². The smallest absolute Gasteiger partial charge is 0.158 e. The number of para-hydroxylation sites is 1. The van der Waals surface area contributed by atoms with Gasteiger partial charge in [-0.2, -0.15) is 5.10 Å². The Morgan fingerprint density at radius 2 is 2.15 bits per heavy atom. The van der Waals surface area contributed by atoms with Crippen molar-refractivity contribution in [3.05, 3.63) is 52.8 Å². The van der Waals surface area contributed by atoms with Gasteiger partial charge in [-0.1, -0.05) is 25.1 Å². The molecule has 0 spiro atoms. The molecule has 1 aromatic carbocycles. The number of aromatic nitrogens is 3. The Bertz CT molecular complexity index is 1120. The van der Waals surface area contributed by atoms with Gasteiger partial charge in [-0.3, -0.25) is 5.43 Å². The lowest BCUT2D eigenvalue weighted by Gasteiger charge is -2.01. The molecule has 3 aromatic heterocycles. The molecule has 5 rings (SSSR count). The fourth-order valence-corrected chi connectivity index (χ4v) is 4.28. The number of thiophene rings is 1. The third kappa shape index (κ3) is 2.66. The fourth-order valence-electron chi connectivity index (χ4n) is 3.34. The number of nitrogens with one attached hydrogen (secondary N) is 2. The molecule has 0 bridgehead atoms. The van der Waals surface area contributed by atoms with Crippen LogP contribution in [-0.4, -0.2) is 21.2 Å². The first kappa shape index (κ1) is 15.5. The highest BCUT2D eigenvalue weighted by molar-refractivity contribution is 7.18. The molecule has 6 heteroatoms. The van der Waals surface area contributed by atoms with Gasteiger partial charge in [-0.15, -0.1) is 11.3 Å². The van der Waals surface area contributed by atoms with Crippen LogP contribution >= 0.6 is 11.3 Å². The third-order valence-corrected chi connectivity index (χ3v) is 6.04. The number of hydrogen-bond acceptors (Lipinski definition) is 5. The molecule has 0 radical (unpaired) electrons. The summed E-state index contributed by atoms with van der Waals surface area (Å²) >= 11 is 1.71. The maximum Gasteiger partial charge on any atom is 0.158 e. The van der Waals surface area contributed by atoms with Crippen LogP contribution in [0.5, 0.6) is 0 Å². The highest BCUT2D eigenvalue weighted by Crippen LogP contribution is 2.42. The normalized spacial score (nSPS) is 14.7. The molecule has 1 aliphatic carbocycles. The second-order valence-electron chi connectivity index (χ2n) is 6.65. The standard InChI is InChI=1S/C20H19N5S/c1-2-13-9-15-19(21-11-22-20(15)26-13)25-23-10-16-14-5-3-4-6-17(14)24-18(16)12-7-8-12/h3-6,9-12,24H,2,7-8H2,1H3,(H,21,22,25). The Morgan fingerprint density at radius 3 is 3.00 bits per heavy atom. The summed E-state index contributed by atoms with van der Waals surface area (Å²) in [6, 6.07) is 10.6. The summed E-state index contributed by atoms with van der Waals surface area (Å²) in [4.78, 5) is 14.6. The summed E-state index contributed by atoms with van der Waals surface area (Å²) < 4.78 is 0. The number of hydrogen-bond donors (Lipinski definition) is 2. The molecule has 0 aliphatic heterocycles. The first-order valence-corrected chi connectivity index (χ1v) is 9.78. The Hall–Kier alpha value is -2.73. The number of benzene rings is 1. The van der Waals surface area contributed by atoms with Gasteiger partial charge in [0.25, 0.3) is 0 Å². The van der Waals surface area contributed by atoms with Gasteiger partial charge in [0.2, 0.25) is 0 Å². The summed E-state index contributed by atoms with van der Waals surface area (Å²) in [6.07, 6.45) is 7.03. The molecule has 1 saturated carbocycles. The van der Waals surface area contributed by atoms with Crippen LogP contribution in [0.25, 0.3) is 21.1 Å². The van der Waals surface area contributed by atoms with Crippen molar-refractivity contribution < 1.29 is 0 Å². The maximum atomic E-state index is 4.51. The number of fused-ring (bicyclic) bond motifs is 2. The zero-order valence-electron chi connectivity index (χ0n) is 14.5. The second kappa shape index (κ2) is 6.21. The predicted molar refractivity (Wildman–Crippen MR) is 108 cm³/mol. The van der Waals surface area contributed by atoms with Crippen LogP contribution < -0.4 is 5.43 Å². The maximum absolute atomic E-state index is 4.51. The quantitative estimate of drug-likeness (QED) is 0.386. The number of nitrogens with zero attached hydrogens (tertiary/aromatic N) is 3. The van der Waals surface area contributed by atoms with E-state index < -0.39 is 0 Å². The molecule has 3 heterocycles. The summed E-state index contributed by atoms with van der Waals surface area (Å²) in [5.41, 5.74) is 6.78. The molecule has 0 saturated heterocycles. The lowest BCUT2D eigenvalue weighted by Crippen LogP contribution is -1.96. The van der Waals surface area contributed by atoms with E-state index in [1.807, 2.05) is 6.21 Å². The van der Waals surface area contributed by atoms with Crippen molar-refractivity contribution in [2.24, 2.45) is 5.10 Å². The van der Waals surface area contributed by atoms with Gasteiger partial charge in [-0.05, 0) is 37.3 Å². The molecule has 0 atom stereocenters. The van der Waals surface area contributed by atoms with Crippen molar-refractivity contribution in [3.63, 3.8) is 0 Å². The first-order chi connectivity index (χ1) is 12.8. The van der Waals surface area contributed by atoms with E-state index in [1.165, 1.54) is 39.9 Å². The van der Waals surface area contributed by atoms with Crippen LogP contribution in [0.2, 0.25) is 0 Å². The number of aromatic amines is 1. The van der Waals surface area contributed by atoms with Crippen LogP contribution in [0, 0.1) is 0 Å². The van der Waals surface area contributed by atoms with Crippen LogP contribution in [0.3, 0.4) is 0 Å². The highest BCUT2D eigenvalue weighted by atomic mass is 32.1. The Labute approximate surface area is 155 Å². The lowest BCUT2D eigenvalue weighted by molar-refractivity contribution is 1.06. The molecule has 26 heavy (non-hydrogen) atoms. The Kier molecular flexibility index (Phi) is 3.71. The molecule has 2 N–H and O–H groups in total. The van der Waals surface area contributed by atoms with Crippen molar-refractivity contribution in [1.29, 1.82) is 0 Å². The molecule has 0 unspecified atom stereocenters. The van der Waals surface area contributed by atoms with Gasteiger partial charge in [0.15, 0.2) is 5.82 Å². The number of anilines is 1. The Balaban J connectivity index is 1.49. The summed E-state index contributed by atoms with van der Waals surface area (Å²) in [5, 5.41) is 6.76. The van der Waals surface area contributed by atoms with E-state index in [2.05, 4.69) is 62.7 Å². The van der Waals surface area contributed by atoms with E-state index in [0.717, 1.165) is 22.5 Å². The van der Waals surface area contributed by atoms with Crippen molar-refractivity contribution in [3.8, 4) is 0 Å². The number of hydrazone groups is 1. The van der Waals surface area contributed by atoms with E-state index in [-0.39, 0.29) is 0 Å². The molecule has 130 valence electrons. The average Bonchev–Trinajstić information content (AvgIpc) is 3.32. The molecular formula is C20H19N5S. The SMILES string of the molecule is CCc1cc2c(NN=Cc3c(C4CC4)[nH]c4ccccc34)ncnc2s1. The van der Waals surface area contributed by atoms with Gasteiger partial charge in [0.1, 0.15) is 11.2 Å². The summed E-state index contributed by atoms with van der Waals surface area (Å²) in [6.45, 7) is 2.15. The van der Waals surface area contributed by atoms with Crippen molar-refractivity contribution >= 4 is 44.5 Å². The largest absolute Gasteiger partial charge is 0.358 e. The van der Waals surface area contributed by atoms with Gasteiger partial charge in [0, 0.05) is 27.0 Å². The van der Waals surface area contributed by atoms with Gasteiger partial charge in [0.05, 0.1) is 11.6 Å². The highest BCUT2D eigenvalue weighted by Gasteiger charge is 2.28. The average molecular weight is 361 g/mol. The summed E-state index contributed by atoms with van der Waals surface area (Å²) in [7, 11) is 0. The molecule has 5 nitrogen and oxygen atoms in total. The lowest BCUT2D eigenvalue weighted by atomic mass is 10.1. The minimum Gasteiger partial charge on any atom is -0.358 e. The van der Waals surface area contributed by atoms with Crippen molar-refractivity contribution in [2.45, 2.75) is 32.1 Å². The molecular weight excluding hydrogens is 342 g/mol. The van der Waals surface area contributed by atoms with Crippen LogP contribution in [0.4, 0.5) is 5.82 Å². The monoisotopic (exact) mass is 361 g/mol. The first-order valence-electron chi connectivity index (χ1n) is 8.96.